The normalized spacial score (nSPS) is 10.4. The number of anilines is 2. The van der Waals surface area contributed by atoms with Gasteiger partial charge in [0.15, 0.2) is 0 Å². The molecule has 0 saturated carbocycles. The highest BCUT2D eigenvalue weighted by molar-refractivity contribution is 9.10. The second-order valence-electron chi connectivity index (χ2n) is 3.61. The van der Waals surface area contributed by atoms with Crippen LogP contribution in [0, 0.1) is 10.1 Å². The SMILES string of the molecule is O=[N+]([O-])c1ccc(Cl)nc1Nc1ccc(Br)c(Cl)c1Cl. The molecular weight excluding hydrogens is 392 g/mol. The molecule has 104 valence electrons. The first-order valence-corrected chi connectivity index (χ1v) is 7.04. The van der Waals surface area contributed by atoms with Crippen LogP contribution in [0.5, 0.6) is 0 Å². The van der Waals surface area contributed by atoms with Gasteiger partial charge in [0, 0.05) is 10.5 Å². The van der Waals surface area contributed by atoms with Gasteiger partial charge < -0.3 is 5.32 Å². The maximum Gasteiger partial charge on any atom is 0.311 e. The molecule has 5 nitrogen and oxygen atoms in total. The van der Waals surface area contributed by atoms with Crippen LogP contribution in [0.25, 0.3) is 0 Å². The van der Waals surface area contributed by atoms with Crippen molar-refractivity contribution in [2.75, 3.05) is 5.32 Å². The lowest BCUT2D eigenvalue weighted by Crippen LogP contribution is -2.00. The predicted octanol–water partition coefficient (Wildman–Crippen LogP) is 5.46. The third kappa shape index (κ3) is 3.15. The summed E-state index contributed by atoms with van der Waals surface area (Å²) in [5.74, 6) is -0.0113. The van der Waals surface area contributed by atoms with E-state index in [2.05, 4.69) is 26.2 Å². The first-order chi connectivity index (χ1) is 9.40. The van der Waals surface area contributed by atoms with E-state index in [4.69, 9.17) is 34.8 Å². The number of halogens is 4. The topological polar surface area (TPSA) is 68.1 Å². The Hall–Kier alpha value is -1.08. The van der Waals surface area contributed by atoms with Crippen molar-refractivity contribution in [3.63, 3.8) is 0 Å². The Morgan fingerprint density at radius 1 is 1.15 bits per heavy atom. The molecule has 1 N–H and O–H groups in total. The summed E-state index contributed by atoms with van der Waals surface area (Å²) in [5.41, 5.74) is 0.169. The van der Waals surface area contributed by atoms with E-state index in [-0.39, 0.29) is 21.7 Å². The zero-order valence-electron chi connectivity index (χ0n) is 9.53. The summed E-state index contributed by atoms with van der Waals surface area (Å²) in [6, 6.07) is 5.87. The maximum atomic E-state index is 10.9. The van der Waals surface area contributed by atoms with Crippen LogP contribution < -0.4 is 5.32 Å². The van der Waals surface area contributed by atoms with E-state index >= 15 is 0 Å². The number of pyridine rings is 1. The number of aromatic nitrogens is 1. The lowest BCUT2D eigenvalue weighted by atomic mass is 10.3. The summed E-state index contributed by atoms with van der Waals surface area (Å²) in [6.45, 7) is 0. The Kier molecular flexibility index (Phi) is 4.70. The molecule has 1 heterocycles. The summed E-state index contributed by atoms with van der Waals surface area (Å²) in [5, 5.41) is 14.3. The van der Waals surface area contributed by atoms with E-state index in [0.717, 1.165) is 0 Å². The van der Waals surface area contributed by atoms with Gasteiger partial charge in [0.2, 0.25) is 5.82 Å². The van der Waals surface area contributed by atoms with Gasteiger partial charge in [0.1, 0.15) is 5.15 Å². The molecule has 2 rings (SSSR count). The zero-order chi connectivity index (χ0) is 14.9. The van der Waals surface area contributed by atoms with Crippen molar-refractivity contribution in [1.29, 1.82) is 0 Å². The highest BCUT2D eigenvalue weighted by Crippen LogP contribution is 2.38. The maximum absolute atomic E-state index is 10.9. The van der Waals surface area contributed by atoms with Crippen LogP contribution in [0.3, 0.4) is 0 Å². The third-order valence-electron chi connectivity index (χ3n) is 2.32. The van der Waals surface area contributed by atoms with Gasteiger partial charge in [0.05, 0.1) is 20.7 Å². The molecule has 20 heavy (non-hydrogen) atoms. The number of nitrogens with one attached hydrogen (secondary N) is 1. The minimum Gasteiger partial charge on any atom is -0.333 e. The van der Waals surface area contributed by atoms with Crippen LogP contribution in [0.4, 0.5) is 17.2 Å². The quantitative estimate of drug-likeness (QED) is 0.323. The Labute approximate surface area is 137 Å². The number of hydrogen-bond donors (Lipinski definition) is 1. The molecule has 9 heteroatoms. The lowest BCUT2D eigenvalue weighted by molar-refractivity contribution is -0.384. The van der Waals surface area contributed by atoms with Gasteiger partial charge in [-0.15, -0.1) is 0 Å². The number of rotatable bonds is 3. The van der Waals surface area contributed by atoms with E-state index in [9.17, 15) is 10.1 Å². The van der Waals surface area contributed by atoms with Gasteiger partial charge in [-0.2, -0.15) is 0 Å². The number of hydrogen-bond acceptors (Lipinski definition) is 4. The molecule has 0 fully saturated rings. The standard InChI is InChI=1S/C11H5BrCl3N3O2/c12-5-1-2-6(10(15)9(5)14)16-11-7(18(19)20)3-4-8(13)17-11/h1-4H,(H,16,17). The molecule has 0 aliphatic carbocycles. The van der Waals surface area contributed by atoms with Crippen LogP contribution in [0.15, 0.2) is 28.7 Å². The molecule has 0 atom stereocenters. The Balaban J connectivity index is 2.47. The smallest absolute Gasteiger partial charge is 0.311 e. The van der Waals surface area contributed by atoms with E-state index in [1.807, 2.05) is 0 Å². The highest BCUT2D eigenvalue weighted by Gasteiger charge is 2.18. The third-order valence-corrected chi connectivity index (χ3v) is 4.31. The van der Waals surface area contributed by atoms with Gasteiger partial charge in [0.25, 0.3) is 0 Å². The fourth-order valence-electron chi connectivity index (χ4n) is 1.42. The van der Waals surface area contributed by atoms with Crippen molar-refractivity contribution in [1.82, 2.24) is 4.98 Å². The van der Waals surface area contributed by atoms with Crippen molar-refractivity contribution in [2.24, 2.45) is 0 Å². The summed E-state index contributed by atoms with van der Waals surface area (Å²) in [4.78, 5) is 14.3. The summed E-state index contributed by atoms with van der Waals surface area (Å²) < 4.78 is 0.614. The minimum atomic E-state index is -0.569. The molecule has 0 unspecified atom stereocenters. The first-order valence-electron chi connectivity index (χ1n) is 5.11. The van der Waals surface area contributed by atoms with Crippen molar-refractivity contribution >= 4 is 67.9 Å². The van der Waals surface area contributed by atoms with Gasteiger partial charge in [-0.3, -0.25) is 10.1 Å². The van der Waals surface area contributed by atoms with E-state index in [1.54, 1.807) is 12.1 Å². The highest BCUT2D eigenvalue weighted by atomic mass is 79.9. The zero-order valence-corrected chi connectivity index (χ0v) is 13.4. The van der Waals surface area contributed by atoms with Crippen molar-refractivity contribution in [3.8, 4) is 0 Å². The molecule has 0 radical (unpaired) electrons. The fourth-order valence-corrected chi connectivity index (χ4v) is 2.39. The first kappa shape index (κ1) is 15.3. The second-order valence-corrected chi connectivity index (χ2v) is 5.60. The molecule has 0 saturated heterocycles. The van der Waals surface area contributed by atoms with Crippen molar-refractivity contribution in [2.45, 2.75) is 0 Å². The Morgan fingerprint density at radius 3 is 2.50 bits per heavy atom. The van der Waals surface area contributed by atoms with E-state index in [0.29, 0.717) is 15.2 Å². The van der Waals surface area contributed by atoms with Crippen LogP contribution >= 0.6 is 50.7 Å². The molecule has 0 spiro atoms. The van der Waals surface area contributed by atoms with Gasteiger partial charge in [-0.1, -0.05) is 34.8 Å². The fraction of sp³-hybridized carbons (Fsp3) is 0. The van der Waals surface area contributed by atoms with E-state index in [1.165, 1.54) is 12.1 Å². The van der Waals surface area contributed by atoms with Crippen molar-refractivity contribution in [3.05, 3.63) is 54.1 Å². The van der Waals surface area contributed by atoms with Gasteiger partial charge in [-0.05, 0) is 34.1 Å². The molecule has 1 aromatic heterocycles. The van der Waals surface area contributed by atoms with Crippen LogP contribution in [-0.4, -0.2) is 9.91 Å². The Morgan fingerprint density at radius 2 is 1.85 bits per heavy atom. The number of nitrogens with zero attached hydrogens (tertiary/aromatic N) is 2. The van der Waals surface area contributed by atoms with Crippen molar-refractivity contribution < 1.29 is 4.92 Å². The average molecular weight is 397 g/mol. The summed E-state index contributed by atoms with van der Waals surface area (Å²) in [6.07, 6.45) is 0. The molecule has 0 amide bonds. The van der Waals surface area contributed by atoms with Gasteiger partial charge in [-0.25, -0.2) is 4.98 Å². The average Bonchev–Trinajstić information content (AvgIpc) is 2.39. The Bertz CT molecular complexity index is 697. The molecule has 0 aliphatic rings. The molecule has 1 aromatic carbocycles. The summed E-state index contributed by atoms with van der Waals surface area (Å²) in [7, 11) is 0. The molecule has 0 bridgehead atoms. The lowest BCUT2D eigenvalue weighted by Gasteiger charge is -2.10. The van der Waals surface area contributed by atoms with Crippen LogP contribution in [0.1, 0.15) is 0 Å². The summed E-state index contributed by atoms with van der Waals surface area (Å²) >= 11 is 21.0. The van der Waals surface area contributed by atoms with Gasteiger partial charge >= 0.3 is 5.69 Å². The monoisotopic (exact) mass is 395 g/mol. The van der Waals surface area contributed by atoms with Crippen LogP contribution in [-0.2, 0) is 0 Å². The molecule has 0 aliphatic heterocycles. The molecule has 2 aromatic rings. The number of benzene rings is 1. The largest absolute Gasteiger partial charge is 0.333 e. The predicted molar refractivity (Wildman–Crippen MR) is 83.3 cm³/mol. The molecular formula is C11H5BrCl3N3O2. The van der Waals surface area contributed by atoms with E-state index < -0.39 is 4.92 Å². The number of nitro groups is 1. The second kappa shape index (κ2) is 6.13. The minimum absolute atomic E-state index is 0.0113. The van der Waals surface area contributed by atoms with Crippen LogP contribution in [0.2, 0.25) is 15.2 Å².